The number of alkyl halides is 3. The van der Waals surface area contributed by atoms with E-state index in [-0.39, 0.29) is 29.0 Å². The molecule has 0 radical (unpaired) electrons. The van der Waals surface area contributed by atoms with Crippen LogP contribution in [0, 0.1) is 18.3 Å². The number of aromatic nitrogens is 1. The predicted molar refractivity (Wildman–Crippen MR) is 105 cm³/mol. The molecule has 1 aliphatic rings. The maximum Gasteiger partial charge on any atom is 0.422 e. The zero-order valence-electron chi connectivity index (χ0n) is 16.9. The van der Waals surface area contributed by atoms with Crippen LogP contribution in [0.4, 0.5) is 24.5 Å². The number of benzene rings is 1. The first kappa shape index (κ1) is 22.0. The maximum absolute atomic E-state index is 12.5. The number of H-pyrrole nitrogens is 1. The highest BCUT2D eigenvalue weighted by Crippen LogP contribution is 2.43. The van der Waals surface area contributed by atoms with Gasteiger partial charge in [-0.3, -0.25) is 4.79 Å². The van der Waals surface area contributed by atoms with Crippen LogP contribution < -0.4 is 15.2 Å². The Morgan fingerprint density at radius 3 is 2.65 bits per heavy atom. The van der Waals surface area contributed by atoms with Crippen molar-refractivity contribution in [2.24, 2.45) is 0 Å². The van der Waals surface area contributed by atoms with Crippen molar-refractivity contribution in [1.82, 2.24) is 4.98 Å². The molecule has 0 saturated heterocycles. The number of nitriles is 1. The van der Waals surface area contributed by atoms with Crippen LogP contribution in [-0.2, 0) is 16.0 Å². The highest BCUT2D eigenvalue weighted by Gasteiger charge is 2.35. The quantitative estimate of drug-likeness (QED) is 0.740. The molecule has 0 amide bonds. The average molecular weight is 433 g/mol. The van der Waals surface area contributed by atoms with Crippen LogP contribution in [0.1, 0.15) is 23.6 Å². The number of methoxy groups -OCH3 is 1. The Hall–Kier alpha value is -3.74. The van der Waals surface area contributed by atoms with Gasteiger partial charge >= 0.3 is 12.1 Å². The Kier molecular flexibility index (Phi) is 5.79. The van der Waals surface area contributed by atoms with Crippen LogP contribution in [0.5, 0.6) is 5.75 Å². The summed E-state index contributed by atoms with van der Waals surface area (Å²) in [5.41, 5.74) is 1.82. The minimum Gasteiger partial charge on any atom is -0.495 e. The lowest BCUT2D eigenvalue weighted by molar-refractivity contribution is -0.183. The number of fused-ring (bicyclic) bond motifs is 1. The van der Waals surface area contributed by atoms with Gasteiger partial charge < -0.3 is 19.4 Å². The SMILES string of the molecule is COc1cc(C#N)ccc1N1C(C)=C(C(=O)OCC(F)(F)F)Cc2c1c(C)c[nH]c2=O. The number of nitrogens with one attached hydrogen (secondary N) is 1. The Morgan fingerprint density at radius 1 is 1.32 bits per heavy atom. The van der Waals surface area contributed by atoms with E-state index in [1.165, 1.54) is 25.4 Å². The number of esters is 1. The Bertz CT molecular complexity index is 1180. The fourth-order valence-electron chi connectivity index (χ4n) is 3.44. The zero-order chi connectivity index (χ0) is 22.9. The second-order valence-electron chi connectivity index (χ2n) is 6.89. The van der Waals surface area contributed by atoms with Crippen LogP contribution in [-0.4, -0.2) is 30.8 Å². The van der Waals surface area contributed by atoms with Gasteiger partial charge in [-0.05, 0) is 31.5 Å². The minimum absolute atomic E-state index is 0.0840. The standard InChI is InChI=1S/C21H18F3N3O4/c1-11-9-26-19(28)15-7-14(20(29)31-10-21(22,23)24)12(2)27(18(11)15)16-5-4-13(8-25)6-17(16)30-3/h4-6,9H,7,10H2,1-3H3,(H,26,28). The molecule has 1 N–H and O–H groups in total. The summed E-state index contributed by atoms with van der Waals surface area (Å²) in [6.07, 6.45) is -3.37. The number of ether oxygens (including phenoxy) is 2. The highest BCUT2D eigenvalue weighted by atomic mass is 19.4. The number of halogens is 3. The largest absolute Gasteiger partial charge is 0.495 e. The van der Waals surface area contributed by atoms with Crippen LogP contribution in [0.2, 0.25) is 0 Å². The first-order valence-electron chi connectivity index (χ1n) is 9.10. The molecule has 0 unspecified atom stereocenters. The number of hydrogen-bond donors (Lipinski definition) is 1. The first-order valence-corrected chi connectivity index (χ1v) is 9.10. The number of allylic oxidation sites excluding steroid dienone is 1. The van der Waals surface area contributed by atoms with Gasteiger partial charge in [0, 0.05) is 29.9 Å². The molecule has 162 valence electrons. The molecule has 0 fully saturated rings. The molecule has 0 bridgehead atoms. The number of anilines is 2. The number of aryl methyl sites for hydroxylation is 1. The summed E-state index contributed by atoms with van der Waals surface area (Å²) in [5.74, 6) is -0.882. The molecular formula is C21H18F3N3O4. The van der Waals surface area contributed by atoms with Crippen molar-refractivity contribution in [2.45, 2.75) is 26.4 Å². The molecule has 2 aromatic rings. The number of hydrogen-bond acceptors (Lipinski definition) is 6. The summed E-state index contributed by atoms with van der Waals surface area (Å²) >= 11 is 0. The summed E-state index contributed by atoms with van der Waals surface area (Å²) in [5, 5.41) is 9.16. The summed E-state index contributed by atoms with van der Waals surface area (Å²) in [6.45, 7) is 1.56. The summed E-state index contributed by atoms with van der Waals surface area (Å²) in [6, 6.07) is 6.59. The third kappa shape index (κ3) is 4.26. The predicted octanol–water partition coefficient (Wildman–Crippen LogP) is 3.64. The van der Waals surface area contributed by atoms with Gasteiger partial charge in [0.05, 0.1) is 35.7 Å². The number of carbonyl (C=O) groups excluding carboxylic acids is 1. The molecule has 3 rings (SSSR count). The lowest BCUT2D eigenvalue weighted by Crippen LogP contribution is -2.32. The summed E-state index contributed by atoms with van der Waals surface area (Å²) in [4.78, 5) is 29.2. The van der Waals surface area contributed by atoms with Crippen molar-refractivity contribution >= 4 is 17.3 Å². The van der Waals surface area contributed by atoms with Gasteiger partial charge in [0.15, 0.2) is 6.61 Å². The second kappa shape index (κ2) is 8.18. The van der Waals surface area contributed by atoms with E-state index in [2.05, 4.69) is 9.72 Å². The van der Waals surface area contributed by atoms with Gasteiger partial charge in [-0.25, -0.2) is 4.79 Å². The van der Waals surface area contributed by atoms with Crippen molar-refractivity contribution in [1.29, 1.82) is 5.26 Å². The molecule has 1 aromatic heterocycles. The fraction of sp³-hybridized carbons (Fsp3) is 0.286. The molecule has 1 aromatic carbocycles. The first-order chi connectivity index (χ1) is 14.6. The Morgan fingerprint density at radius 2 is 2.03 bits per heavy atom. The maximum atomic E-state index is 12.5. The monoisotopic (exact) mass is 433 g/mol. The molecule has 31 heavy (non-hydrogen) atoms. The van der Waals surface area contributed by atoms with Crippen LogP contribution in [0.15, 0.2) is 40.5 Å². The summed E-state index contributed by atoms with van der Waals surface area (Å²) in [7, 11) is 1.40. The number of carbonyl (C=O) groups is 1. The van der Waals surface area contributed by atoms with E-state index < -0.39 is 24.3 Å². The van der Waals surface area contributed by atoms with E-state index >= 15 is 0 Å². The Labute approximate surface area is 175 Å². The van der Waals surface area contributed by atoms with Crippen molar-refractivity contribution in [3.8, 4) is 11.8 Å². The van der Waals surface area contributed by atoms with Gasteiger partial charge in [-0.15, -0.1) is 0 Å². The highest BCUT2D eigenvalue weighted by molar-refractivity contribution is 5.94. The van der Waals surface area contributed by atoms with E-state index in [9.17, 15) is 22.8 Å². The van der Waals surface area contributed by atoms with Gasteiger partial charge in [0.2, 0.25) is 0 Å². The molecule has 10 heteroatoms. The molecule has 2 heterocycles. The minimum atomic E-state index is -4.68. The number of pyridine rings is 1. The van der Waals surface area contributed by atoms with Gasteiger partial charge in [-0.1, -0.05) is 0 Å². The van der Waals surface area contributed by atoms with Crippen LogP contribution >= 0.6 is 0 Å². The summed E-state index contributed by atoms with van der Waals surface area (Å²) < 4.78 is 47.5. The Balaban J connectivity index is 2.21. The van der Waals surface area contributed by atoms with Crippen molar-refractivity contribution in [2.75, 3.05) is 18.6 Å². The van der Waals surface area contributed by atoms with Crippen molar-refractivity contribution in [3.05, 3.63) is 62.7 Å². The lowest BCUT2D eigenvalue weighted by Gasteiger charge is -2.35. The van der Waals surface area contributed by atoms with E-state index in [1.54, 1.807) is 24.8 Å². The van der Waals surface area contributed by atoms with E-state index in [0.717, 1.165) is 0 Å². The van der Waals surface area contributed by atoms with Crippen molar-refractivity contribution in [3.63, 3.8) is 0 Å². The van der Waals surface area contributed by atoms with Crippen LogP contribution in [0.3, 0.4) is 0 Å². The second-order valence-corrected chi connectivity index (χ2v) is 6.89. The normalized spacial score (nSPS) is 13.5. The molecule has 0 spiro atoms. The third-order valence-corrected chi connectivity index (χ3v) is 4.87. The molecule has 1 aliphatic heterocycles. The number of rotatable bonds is 4. The topological polar surface area (TPSA) is 95.4 Å². The van der Waals surface area contributed by atoms with Gasteiger partial charge in [0.25, 0.3) is 5.56 Å². The lowest BCUT2D eigenvalue weighted by atomic mass is 9.94. The van der Waals surface area contributed by atoms with Crippen LogP contribution in [0.25, 0.3) is 0 Å². The molecule has 0 atom stereocenters. The van der Waals surface area contributed by atoms with E-state index in [1.807, 2.05) is 6.07 Å². The molecular weight excluding hydrogens is 415 g/mol. The molecule has 7 nitrogen and oxygen atoms in total. The third-order valence-electron chi connectivity index (χ3n) is 4.87. The van der Waals surface area contributed by atoms with E-state index in [4.69, 9.17) is 10.00 Å². The average Bonchev–Trinajstić information content (AvgIpc) is 2.73. The van der Waals surface area contributed by atoms with Gasteiger partial charge in [-0.2, -0.15) is 18.4 Å². The van der Waals surface area contributed by atoms with E-state index in [0.29, 0.717) is 22.5 Å². The van der Waals surface area contributed by atoms with Crippen molar-refractivity contribution < 1.29 is 27.4 Å². The molecule has 0 saturated carbocycles. The fourth-order valence-corrected chi connectivity index (χ4v) is 3.44. The number of aromatic amines is 1. The smallest absolute Gasteiger partial charge is 0.422 e. The zero-order valence-corrected chi connectivity index (χ0v) is 16.9. The molecule has 0 aliphatic carbocycles. The number of nitrogens with zero attached hydrogens (tertiary/aromatic N) is 2. The van der Waals surface area contributed by atoms with Gasteiger partial charge in [0.1, 0.15) is 5.75 Å².